The molecule has 0 bridgehead atoms. The van der Waals surface area contributed by atoms with Crippen molar-refractivity contribution in [1.29, 1.82) is 5.26 Å². The highest BCUT2D eigenvalue weighted by atomic mass is 19.1. The van der Waals surface area contributed by atoms with E-state index in [0.717, 1.165) is 32.0 Å². The molecule has 0 saturated carbocycles. The van der Waals surface area contributed by atoms with E-state index in [1.165, 1.54) is 49.0 Å². The molecule has 1 aromatic heterocycles. The lowest BCUT2D eigenvalue weighted by Gasteiger charge is -2.28. The fourth-order valence-corrected chi connectivity index (χ4v) is 4.73. The Balaban J connectivity index is 1.26. The van der Waals surface area contributed by atoms with Gasteiger partial charge in [-0.1, -0.05) is 6.42 Å². The van der Waals surface area contributed by atoms with Gasteiger partial charge >= 0.3 is 6.03 Å². The summed E-state index contributed by atoms with van der Waals surface area (Å²) in [7, 11) is 0. The highest BCUT2D eigenvalue weighted by Gasteiger charge is 2.17. The van der Waals surface area contributed by atoms with Crippen LogP contribution in [0.25, 0.3) is 10.9 Å². The van der Waals surface area contributed by atoms with Crippen molar-refractivity contribution >= 4 is 28.3 Å². The smallest absolute Gasteiger partial charge is 0.323 e. The standard InChI is InChI=1S/C31H29F2N5O4/c32-21-4-6-22(7-5-21)36-31(40)37-27-9-8-24(15-26(27)33)42-29-10-11-35-28-16-30(20(17-34)14-25(28)29)41-19-23(39)18-38-12-2-1-3-13-38/h4-11,14-16,23,39H,1-3,12-13,18-19H2,(H2,36,37,40)/t23-/m0/s1. The molecule has 1 fully saturated rings. The molecule has 4 aromatic rings. The van der Waals surface area contributed by atoms with Gasteiger partial charge in [0.15, 0.2) is 0 Å². The first-order valence-corrected chi connectivity index (χ1v) is 13.5. The topological polar surface area (TPSA) is 120 Å². The number of ether oxygens (including phenoxy) is 2. The Bertz CT molecular complexity index is 1600. The number of piperidine rings is 1. The third-order valence-electron chi connectivity index (χ3n) is 6.79. The fraction of sp³-hybridized carbons (Fsp3) is 0.258. The van der Waals surface area contributed by atoms with Gasteiger partial charge in [-0.2, -0.15) is 5.26 Å². The molecule has 0 unspecified atom stereocenters. The zero-order chi connectivity index (χ0) is 29.5. The van der Waals surface area contributed by atoms with E-state index in [1.807, 2.05) is 0 Å². The quantitative estimate of drug-likeness (QED) is 0.223. The normalized spacial score (nSPS) is 14.1. The third kappa shape index (κ3) is 7.28. The Morgan fingerprint density at radius 3 is 2.55 bits per heavy atom. The molecule has 2 heterocycles. The van der Waals surface area contributed by atoms with Gasteiger partial charge in [0, 0.05) is 35.9 Å². The summed E-state index contributed by atoms with van der Waals surface area (Å²) in [5, 5.41) is 25.6. The Labute approximate surface area is 241 Å². The number of hydrogen-bond acceptors (Lipinski definition) is 7. The van der Waals surface area contributed by atoms with Gasteiger partial charge in [0.05, 0.1) is 16.8 Å². The summed E-state index contributed by atoms with van der Waals surface area (Å²) >= 11 is 0. The van der Waals surface area contributed by atoms with E-state index in [0.29, 0.717) is 34.6 Å². The van der Waals surface area contributed by atoms with E-state index in [4.69, 9.17) is 9.47 Å². The molecule has 216 valence electrons. The highest BCUT2D eigenvalue weighted by Crippen LogP contribution is 2.34. The van der Waals surface area contributed by atoms with Crippen molar-refractivity contribution < 1.29 is 28.2 Å². The Kier molecular flexibility index (Phi) is 9.06. The predicted octanol–water partition coefficient (Wildman–Crippen LogP) is 6.05. The number of carbonyl (C=O) groups is 1. The first-order chi connectivity index (χ1) is 20.4. The second-order valence-corrected chi connectivity index (χ2v) is 9.94. The van der Waals surface area contributed by atoms with Crippen molar-refractivity contribution in [3.8, 4) is 23.3 Å². The molecule has 1 saturated heterocycles. The number of hydrogen-bond donors (Lipinski definition) is 3. The van der Waals surface area contributed by atoms with E-state index in [-0.39, 0.29) is 23.6 Å². The van der Waals surface area contributed by atoms with Crippen LogP contribution in [0.1, 0.15) is 24.8 Å². The second kappa shape index (κ2) is 13.2. The molecule has 9 nitrogen and oxygen atoms in total. The van der Waals surface area contributed by atoms with Crippen molar-refractivity contribution in [2.45, 2.75) is 25.4 Å². The number of urea groups is 1. The lowest BCUT2D eigenvalue weighted by Crippen LogP contribution is -2.38. The maximum atomic E-state index is 14.8. The van der Waals surface area contributed by atoms with Gasteiger partial charge in [-0.15, -0.1) is 0 Å². The van der Waals surface area contributed by atoms with Crippen LogP contribution in [0, 0.1) is 23.0 Å². The summed E-state index contributed by atoms with van der Waals surface area (Å²) < 4.78 is 39.6. The number of anilines is 2. The summed E-state index contributed by atoms with van der Waals surface area (Å²) in [6.45, 7) is 2.46. The highest BCUT2D eigenvalue weighted by molar-refractivity contribution is 5.99. The van der Waals surface area contributed by atoms with Gasteiger partial charge in [-0.25, -0.2) is 13.6 Å². The van der Waals surface area contributed by atoms with E-state index in [2.05, 4.69) is 26.6 Å². The van der Waals surface area contributed by atoms with Crippen molar-refractivity contribution in [3.05, 3.63) is 84.1 Å². The number of nitriles is 1. The average Bonchev–Trinajstić information content (AvgIpc) is 2.99. The number of rotatable bonds is 9. The van der Waals surface area contributed by atoms with E-state index < -0.39 is 23.8 Å². The number of nitrogens with zero attached hydrogens (tertiary/aromatic N) is 3. The first kappa shape index (κ1) is 28.7. The predicted molar refractivity (Wildman–Crippen MR) is 154 cm³/mol. The lowest BCUT2D eigenvalue weighted by molar-refractivity contribution is 0.0617. The molecule has 11 heteroatoms. The van der Waals surface area contributed by atoms with Crippen LogP contribution >= 0.6 is 0 Å². The van der Waals surface area contributed by atoms with Gasteiger partial charge in [0.25, 0.3) is 0 Å². The fourth-order valence-electron chi connectivity index (χ4n) is 4.73. The van der Waals surface area contributed by atoms with Crippen LogP contribution in [0.5, 0.6) is 17.2 Å². The number of pyridine rings is 1. The molecule has 5 rings (SSSR count). The molecular weight excluding hydrogens is 544 g/mol. The second-order valence-electron chi connectivity index (χ2n) is 9.94. The minimum atomic E-state index is -0.739. The van der Waals surface area contributed by atoms with Crippen LogP contribution in [0.4, 0.5) is 25.0 Å². The summed E-state index contributed by atoms with van der Waals surface area (Å²) in [5.74, 6) is -0.392. The van der Waals surface area contributed by atoms with Crippen molar-refractivity contribution in [3.63, 3.8) is 0 Å². The average molecular weight is 574 g/mol. The first-order valence-electron chi connectivity index (χ1n) is 13.5. The van der Waals surface area contributed by atoms with E-state index >= 15 is 0 Å². The van der Waals surface area contributed by atoms with Crippen LogP contribution in [0.15, 0.2) is 66.9 Å². The molecule has 0 spiro atoms. The van der Waals surface area contributed by atoms with Gasteiger partial charge in [0.2, 0.25) is 0 Å². The molecular formula is C31H29F2N5O4. The third-order valence-corrected chi connectivity index (χ3v) is 6.79. The Morgan fingerprint density at radius 1 is 1.02 bits per heavy atom. The number of amides is 2. The number of likely N-dealkylation sites (tertiary alicyclic amines) is 1. The Hall–Kier alpha value is -4.79. The van der Waals surface area contributed by atoms with Crippen LogP contribution < -0.4 is 20.1 Å². The van der Waals surface area contributed by atoms with Gasteiger partial charge in [-0.05, 0) is 74.5 Å². The Morgan fingerprint density at radius 2 is 1.81 bits per heavy atom. The van der Waals surface area contributed by atoms with Crippen LogP contribution in [-0.4, -0.2) is 53.4 Å². The van der Waals surface area contributed by atoms with Crippen molar-refractivity contribution in [1.82, 2.24) is 9.88 Å². The van der Waals surface area contributed by atoms with Crippen LogP contribution in [0.3, 0.4) is 0 Å². The maximum absolute atomic E-state index is 14.8. The molecule has 3 aromatic carbocycles. The summed E-state index contributed by atoms with van der Waals surface area (Å²) in [5.41, 5.74) is 0.988. The molecule has 1 aliphatic heterocycles. The minimum absolute atomic E-state index is 0.0362. The number of aliphatic hydroxyl groups is 1. The summed E-state index contributed by atoms with van der Waals surface area (Å²) in [6.07, 6.45) is 4.27. The number of halogens is 2. The number of aliphatic hydroxyl groups excluding tert-OH is 1. The number of benzene rings is 3. The number of carbonyl (C=O) groups excluding carboxylic acids is 1. The lowest BCUT2D eigenvalue weighted by atomic mass is 10.1. The largest absolute Gasteiger partial charge is 0.489 e. The molecule has 1 atom stereocenters. The van der Waals surface area contributed by atoms with E-state index in [1.54, 1.807) is 18.2 Å². The van der Waals surface area contributed by atoms with Crippen LogP contribution in [0.2, 0.25) is 0 Å². The van der Waals surface area contributed by atoms with Gasteiger partial charge < -0.3 is 30.1 Å². The number of β-amino-alcohol motifs (C(OH)–C–C–N with tert-alkyl or cyclic N) is 1. The van der Waals surface area contributed by atoms with E-state index in [9.17, 15) is 23.9 Å². The molecule has 0 radical (unpaired) electrons. The molecule has 0 aliphatic carbocycles. The monoisotopic (exact) mass is 573 g/mol. The zero-order valence-corrected chi connectivity index (χ0v) is 22.6. The van der Waals surface area contributed by atoms with Crippen LogP contribution in [-0.2, 0) is 0 Å². The minimum Gasteiger partial charge on any atom is -0.489 e. The number of fused-ring (bicyclic) bond motifs is 1. The molecule has 3 N–H and O–H groups in total. The molecule has 1 aliphatic rings. The van der Waals surface area contributed by atoms with Gasteiger partial charge in [0.1, 0.15) is 47.7 Å². The van der Waals surface area contributed by atoms with Crippen molar-refractivity contribution in [2.75, 3.05) is 36.9 Å². The van der Waals surface area contributed by atoms with Crippen molar-refractivity contribution in [2.24, 2.45) is 0 Å². The number of nitrogens with one attached hydrogen (secondary N) is 2. The maximum Gasteiger partial charge on any atom is 0.323 e. The number of aromatic nitrogens is 1. The zero-order valence-electron chi connectivity index (χ0n) is 22.6. The summed E-state index contributed by atoms with van der Waals surface area (Å²) in [4.78, 5) is 18.8. The molecule has 42 heavy (non-hydrogen) atoms. The SMILES string of the molecule is N#Cc1cc2c(Oc3ccc(NC(=O)Nc4ccc(F)cc4)c(F)c3)ccnc2cc1OC[C@@H](O)CN1CCCCC1. The molecule has 2 amide bonds. The summed E-state index contributed by atoms with van der Waals surface area (Å²) in [6, 6.07) is 15.3. The van der Waals surface area contributed by atoms with Gasteiger partial charge in [-0.3, -0.25) is 4.98 Å².